The number of nitrogens with zero attached hydrogens (tertiary/aromatic N) is 3. The molecule has 0 spiro atoms. The fourth-order valence-corrected chi connectivity index (χ4v) is 3.83. The monoisotopic (exact) mass is 455 g/mol. The Kier molecular flexibility index (Phi) is 5.51. The summed E-state index contributed by atoms with van der Waals surface area (Å²) in [4.78, 5) is 8.84. The second-order valence-corrected chi connectivity index (χ2v) is 7.88. The lowest BCUT2D eigenvalue weighted by Crippen LogP contribution is -2.13. The number of benzene rings is 2. The molecular weight excluding hydrogens is 435 g/mol. The Labute approximate surface area is 186 Å². The molecule has 3 heterocycles. The van der Waals surface area contributed by atoms with E-state index in [9.17, 15) is 18.3 Å². The van der Waals surface area contributed by atoms with Crippen molar-refractivity contribution in [2.45, 2.75) is 13.0 Å². The van der Waals surface area contributed by atoms with Crippen LogP contribution in [0.1, 0.15) is 6.42 Å². The third-order valence-electron chi connectivity index (χ3n) is 5.48. The molecular formula is C23H20F3N5O2. The van der Waals surface area contributed by atoms with Crippen molar-refractivity contribution >= 4 is 34.2 Å². The molecule has 4 aromatic rings. The number of halogens is 3. The number of ether oxygens (including phenoxy) is 1. The van der Waals surface area contributed by atoms with Gasteiger partial charge in [0, 0.05) is 43.0 Å². The van der Waals surface area contributed by atoms with E-state index in [1.165, 1.54) is 0 Å². The van der Waals surface area contributed by atoms with Gasteiger partial charge in [-0.2, -0.15) is 0 Å². The van der Waals surface area contributed by atoms with Crippen LogP contribution in [0.3, 0.4) is 0 Å². The summed E-state index contributed by atoms with van der Waals surface area (Å²) in [6.07, 6.45) is 2.41. The summed E-state index contributed by atoms with van der Waals surface area (Å²) in [6, 6.07) is 9.55. The number of phenolic OH excluding ortho intramolecular Hbond substituents is 1. The lowest BCUT2D eigenvalue weighted by atomic mass is 10.1. The van der Waals surface area contributed by atoms with Crippen molar-refractivity contribution in [2.75, 3.05) is 23.8 Å². The van der Waals surface area contributed by atoms with E-state index in [1.807, 2.05) is 4.57 Å². The van der Waals surface area contributed by atoms with Crippen LogP contribution in [0.25, 0.3) is 11.0 Å². The van der Waals surface area contributed by atoms with E-state index in [0.29, 0.717) is 48.7 Å². The van der Waals surface area contributed by atoms with Crippen molar-refractivity contribution in [3.05, 3.63) is 66.1 Å². The first-order valence-corrected chi connectivity index (χ1v) is 10.4. The number of imidazole rings is 1. The number of anilines is 4. The van der Waals surface area contributed by atoms with Crippen LogP contribution in [0.5, 0.6) is 5.75 Å². The van der Waals surface area contributed by atoms with Gasteiger partial charge in [-0.15, -0.1) is 0 Å². The fourth-order valence-electron chi connectivity index (χ4n) is 3.83. The van der Waals surface area contributed by atoms with Crippen LogP contribution in [0.2, 0.25) is 0 Å². The van der Waals surface area contributed by atoms with Crippen molar-refractivity contribution in [1.29, 1.82) is 0 Å². The van der Waals surface area contributed by atoms with E-state index in [4.69, 9.17) is 4.74 Å². The van der Waals surface area contributed by atoms with Gasteiger partial charge in [-0.05, 0) is 30.7 Å². The molecule has 1 fully saturated rings. The molecule has 0 radical (unpaired) electrons. The second kappa shape index (κ2) is 8.62. The van der Waals surface area contributed by atoms with Gasteiger partial charge >= 0.3 is 0 Å². The van der Waals surface area contributed by atoms with Crippen molar-refractivity contribution in [2.24, 2.45) is 5.92 Å². The minimum absolute atomic E-state index is 0.150. The van der Waals surface area contributed by atoms with Gasteiger partial charge in [0.2, 0.25) is 5.95 Å². The van der Waals surface area contributed by atoms with Crippen LogP contribution in [-0.4, -0.2) is 32.9 Å². The number of rotatable bonds is 6. The molecule has 1 atom stereocenters. The molecule has 1 aliphatic rings. The van der Waals surface area contributed by atoms with Crippen LogP contribution >= 0.6 is 0 Å². The molecule has 1 unspecified atom stereocenters. The quantitative estimate of drug-likeness (QED) is 0.352. The van der Waals surface area contributed by atoms with Crippen LogP contribution < -0.4 is 10.6 Å². The highest BCUT2D eigenvalue weighted by Gasteiger charge is 2.22. The number of nitrogens with one attached hydrogen (secondary N) is 2. The number of aromatic hydroxyl groups is 1. The number of phenols is 1. The van der Waals surface area contributed by atoms with Crippen LogP contribution in [-0.2, 0) is 11.3 Å². The van der Waals surface area contributed by atoms with E-state index in [2.05, 4.69) is 20.6 Å². The average Bonchev–Trinajstić information content (AvgIpc) is 3.41. The molecule has 0 amide bonds. The summed E-state index contributed by atoms with van der Waals surface area (Å²) in [7, 11) is 0. The normalized spacial score (nSPS) is 15.8. The smallest absolute Gasteiger partial charge is 0.208 e. The number of hydrogen-bond donors (Lipinski definition) is 3. The molecule has 2 aromatic heterocycles. The number of pyridine rings is 1. The summed E-state index contributed by atoms with van der Waals surface area (Å²) in [5.74, 6) is -2.01. The van der Waals surface area contributed by atoms with Crippen molar-refractivity contribution in [3.8, 4) is 5.75 Å². The Morgan fingerprint density at radius 2 is 1.82 bits per heavy atom. The molecule has 170 valence electrons. The van der Waals surface area contributed by atoms with Crippen molar-refractivity contribution in [3.63, 3.8) is 0 Å². The lowest BCUT2D eigenvalue weighted by molar-refractivity contribution is 0.183. The average molecular weight is 455 g/mol. The molecule has 33 heavy (non-hydrogen) atoms. The minimum Gasteiger partial charge on any atom is -0.508 e. The highest BCUT2D eigenvalue weighted by atomic mass is 19.1. The maximum absolute atomic E-state index is 14.3. The predicted octanol–water partition coefficient (Wildman–Crippen LogP) is 5.08. The van der Waals surface area contributed by atoms with Gasteiger partial charge in [-0.3, -0.25) is 0 Å². The Hall–Kier alpha value is -3.79. The molecule has 3 N–H and O–H groups in total. The SMILES string of the molecule is Oc1ccc(Nc2cc3c(cn2)nc(Nc2c(F)cc(F)cc2F)n3CC2CCOC2)cc1. The first-order valence-electron chi connectivity index (χ1n) is 10.4. The maximum Gasteiger partial charge on any atom is 0.208 e. The molecule has 0 aliphatic carbocycles. The number of hydrogen-bond acceptors (Lipinski definition) is 6. The first kappa shape index (κ1) is 21.1. The zero-order chi connectivity index (χ0) is 22.9. The summed E-state index contributed by atoms with van der Waals surface area (Å²) >= 11 is 0. The molecule has 1 aliphatic heterocycles. The Balaban J connectivity index is 1.54. The van der Waals surface area contributed by atoms with Gasteiger partial charge in [0.05, 0.1) is 18.3 Å². The van der Waals surface area contributed by atoms with Gasteiger partial charge in [0.1, 0.15) is 28.6 Å². The van der Waals surface area contributed by atoms with E-state index >= 15 is 0 Å². The largest absolute Gasteiger partial charge is 0.508 e. The van der Waals surface area contributed by atoms with Gasteiger partial charge in [0.25, 0.3) is 0 Å². The van der Waals surface area contributed by atoms with Crippen LogP contribution in [0.4, 0.5) is 36.3 Å². The Morgan fingerprint density at radius 3 is 2.52 bits per heavy atom. The molecule has 2 aromatic carbocycles. The third kappa shape index (κ3) is 4.42. The summed E-state index contributed by atoms with van der Waals surface area (Å²) < 4.78 is 49.2. The summed E-state index contributed by atoms with van der Waals surface area (Å²) in [5.41, 5.74) is 1.47. The molecule has 0 bridgehead atoms. The molecule has 0 saturated carbocycles. The minimum atomic E-state index is -1.05. The van der Waals surface area contributed by atoms with E-state index < -0.39 is 23.1 Å². The Bertz CT molecular complexity index is 1280. The fraction of sp³-hybridized carbons (Fsp3) is 0.217. The second-order valence-electron chi connectivity index (χ2n) is 7.88. The third-order valence-corrected chi connectivity index (χ3v) is 5.48. The van der Waals surface area contributed by atoms with Crippen LogP contribution in [0.15, 0.2) is 48.7 Å². The molecule has 1 saturated heterocycles. The highest BCUT2D eigenvalue weighted by Crippen LogP contribution is 2.30. The van der Waals surface area contributed by atoms with Gasteiger partial charge in [-0.25, -0.2) is 23.1 Å². The predicted molar refractivity (Wildman–Crippen MR) is 117 cm³/mol. The first-order chi connectivity index (χ1) is 16.0. The summed E-state index contributed by atoms with van der Waals surface area (Å²) in [6.45, 7) is 1.73. The van der Waals surface area contributed by atoms with Crippen molar-refractivity contribution < 1.29 is 23.0 Å². The maximum atomic E-state index is 14.3. The standard InChI is InChI=1S/C23H20F3N5O2/c24-14-7-17(25)22(18(26)8-14)30-23-29-19-10-27-21(28-15-1-3-16(32)4-2-15)9-20(19)31(23)11-13-5-6-33-12-13/h1-4,7-10,13,32H,5-6,11-12H2,(H,27,28)(H,29,30). The molecule has 5 rings (SSSR count). The van der Waals surface area contributed by atoms with E-state index in [-0.39, 0.29) is 17.6 Å². The lowest BCUT2D eigenvalue weighted by Gasteiger charge is -2.15. The highest BCUT2D eigenvalue weighted by molar-refractivity contribution is 5.82. The van der Waals surface area contributed by atoms with E-state index in [1.54, 1.807) is 36.5 Å². The zero-order valence-electron chi connectivity index (χ0n) is 17.4. The topological polar surface area (TPSA) is 84.2 Å². The number of aromatic nitrogens is 3. The van der Waals surface area contributed by atoms with Crippen LogP contribution in [0, 0.1) is 23.4 Å². The van der Waals surface area contributed by atoms with Gasteiger partial charge < -0.3 is 25.0 Å². The van der Waals surface area contributed by atoms with Gasteiger partial charge in [-0.1, -0.05) is 0 Å². The van der Waals surface area contributed by atoms with Crippen molar-refractivity contribution in [1.82, 2.24) is 14.5 Å². The Morgan fingerprint density at radius 1 is 1.06 bits per heavy atom. The number of fused-ring (bicyclic) bond motifs is 1. The summed E-state index contributed by atoms with van der Waals surface area (Å²) in [5, 5.41) is 15.3. The molecule has 7 nitrogen and oxygen atoms in total. The zero-order valence-corrected chi connectivity index (χ0v) is 17.4. The van der Waals surface area contributed by atoms with Gasteiger partial charge in [0.15, 0.2) is 11.6 Å². The van der Waals surface area contributed by atoms with E-state index in [0.717, 1.165) is 12.1 Å². The molecule has 10 heteroatoms.